The van der Waals surface area contributed by atoms with Gasteiger partial charge in [0.2, 0.25) is 0 Å². The predicted octanol–water partition coefficient (Wildman–Crippen LogP) is 1.36. The maximum atomic E-state index is 12.4. The van der Waals surface area contributed by atoms with Crippen molar-refractivity contribution in [3.05, 3.63) is 23.4 Å². The molecule has 0 saturated carbocycles. The van der Waals surface area contributed by atoms with Crippen LogP contribution in [0.2, 0.25) is 0 Å². The van der Waals surface area contributed by atoms with Crippen molar-refractivity contribution >= 4 is 11.7 Å². The second kappa shape index (κ2) is 5.88. The topological polar surface area (TPSA) is 69.2 Å². The Bertz CT molecular complexity index is 521. The molecule has 0 amide bonds. The van der Waals surface area contributed by atoms with Crippen LogP contribution in [-0.2, 0) is 0 Å². The SMILES string of the molecule is Cc1ccnc(N2CCN(CC(F)(F)F)CC2)c1C(=N)N. The highest BCUT2D eigenvalue weighted by atomic mass is 19.4. The lowest BCUT2D eigenvalue weighted by Gasteiger charge is -2.36. The van der Waals surface area contributed by atoms with Gasteiger partial charge in [-0.15, -0.1) is 0 Å². The highest BCUT2D eigenvalue weighted by molar-refractivity contribution is 6.01. The van der Waals surface area contributed by atoms with Crippen molar-refractivity contribution in [1.82, 2.24) is 9.88 Å². The van der Waals surface area contributed by atoms with Gasteiger partial charge in [-0.05, 0) is 18.6 Å². The molecule has 1 aromatic rings. The van der Waals surface area contributed by atoms with Gasteiger partial charge < -0.3 is 10.6 Å². The quantitative estimate of drug-likeness (QED) is 0.653. The standard InChI is InChI=1S/C13H18F3N5/c1-9-2-3-19-12(10(9)11(17)18)21-6-4-20(5-7-21)8-13(14,15)16/h2-3H,4-8H2,1H3,(H3,17,18). The fourth-order valence-corrected chi connectivity index (χ4v) is 2.49. The summed E-state index contributed by atoms with van der Waals surface area (Å²) in [6, 6.07) is 1.76. The molecular weight excluding hydrogens is 283 g/mol. The normalized spacial score (nSPS) is 17.0. The van der Waals surface area contributed by atoms with Crippen molar-refractivity contribution in [3.63, 3.8) is 0 Å². The van der Waals surface area contributed by atoms with Crippen molar-refractivity contribution < 1.29 is 13.2 Å². The first-order chi connectivity index (χ1) is 9.78. The Morgan fingerprint density at radius 2 is 1.95 bits per heavy atom. The maximum absolute atomic E-state index is 12.4. The molecule has 0 aromatic carbocycles. The van der Waals surface area contributed by atoms with Gasteiger partial charge in [-0.25, -0.2) is 4.98 Å². The number of amidine groups is 1. The van der Waals surface area contributed by atoms with Crippen LogP contribution in [-0.4, -0.2) is 54.6 Å². The summed E-state index contributed by atoms with van der Waals surface area (Å²) >= 11 is 0. The molecule has 0 atom stereocenters. The molecular formula is C13H18F3N5. The number of nitrogens with two attached hydrogens (primary N) is 1. The number of hydrogen-bond acceptors (Lipinski definition) is 4. The second-order valence-electron chi connectivity index (χ2n) is 5.12. The highest BCUT2D eigenvalue weighted by Crippen LogP contribution is 2.23. The summed E-state index contributed by atoms with van der Waals surface area (Å²) in [5.74, 6) is 0.502. The molecule has 116 valence electrons. The number of nitrogen functional groups attached to an aromatic ring is 1. The first kappa shape index (κ1) is 15.6. The molecule has 3 N–H and O–H groups in total. The van der Waals surface area contributed by atoms with E-state index in [9.17, 15) is 13.2 Å². The Morgan fingerprint density at radius 3 is 2.48 bits per heavy atom. The summed E-state index contributed by atoms with van der Waals surface area (Å²) < 4.78 is 37.1. The Morgan fingerprint density at radius 1 is 1.33 bits per heavy atom. The number of hydrogen-bond donors (Lipinski definition) is 2. The number of nitrogens with one attached hydrogen (secondary N) is 1. The number of halogens is 3. The molecule has 2 heterocycles. The molecule has 0 spiro atoms. The van der Waals surface area contributed by atoms with Crippen molar-refractivity contribution in [3.8, 4) is 0 Å². The first-order valence-electron chi connectivity index (χ1n) is 6.62. The van der Waals surface area contributed by atoms with Crippen molar-refractivity contribution in [1.29, 1.82) is 5.41 Å². The predicted molar refractivity (Wildman–Crippen MR) is 74.7 cm³/mol. The summed E-state index contributed by atoms with van der Waals surface area (Å²) in [4.78, 5) is 7.51. The molecule has 0 radical (unpaired) electrons. The fourth-order valence-electron chi connectivity index (χ4n) is 2.49. The molecule has 1 fully saturated rings. The lowest BCUT2D eigenvalue weighted by molar-refractivity contribution is -0.146. The van der Waals surface area contributed by atoms with Gasteiger partial charge >= 0.3 is 6.18 Å². The van der Waals surface area contributed by atoms with E-state index >= 15 is 0 Å². The number of aryl methyl sites for hydroxylation is 1. The Balaban J connectivity index is 2.10. The molecule has 0 bridgehead atoms. The zero-order valence-electron chi connectivity index (χ0n) is 11.7. The van der Waals surface area contributed by atoms with Crippen LogP contribution >= 0.6 is 0 Å². The maximum Gasteiger partial charge on any atom is 0.401 e. The minimum absolute atomic E-state index is 0.0756. The van der Waals surface area contributed by atoms with Crippen LogP contribution < -0.4 is 10.6 Å². The molecule has 8 heteroatoms. The molecule has 1 saturated heterocycles. The van der Waals surface area contributed by atoms with E-state index in [2.05, 4.69) is 4.98 Å². The third kappa shape index (κ3) is 3.84. The van der Waals surface area contributed by atoms with Gasteiger partial charge in [0.1, 0.15) is 11.7 Å². The average molecular weight is 301 g/mol. The van der Waals surface area contributed by atoms with E-state index < -0.39 is 12.7 Å². The van der Waals surface area contributed by atoms with E-state index in [4.69, 9.17) is 11.1 Å². The minimum atomic E-state index is -4.17. The van der Waals surface area contributed by atoms with Gasteiger partial charge in [0.05, 0.1) is 12.1 Å². The Kier molecular flexibility index (Phi) is 4.36. The fraction of sp³-hybridized carbons (Fsp3) is 0.538. The monoisotopic (exact) mass is 301 g/mol. The molecule has 21 heavy (non-hydrogen) atoms. The van der Waals surface area contributed by atoms with Crippen LogP contribution in [0, 0.1) is 12.3 Å². The number of rotatable bonds is 3. The number of pyridine rings is 1. The summed E-state index contributed by atoms with van der Waals surface area (Å²) in [5, 5.41) is 7.65. The highest BCUT2D eigenvalue weighted by Gasteiger charge is 2.32. The molecule has 1 aromatic heterocycles. The zero-order chi connectivity index (χ0) is 15.6. The summed E-state index contributed by atoms with van der Waals surface area (Å²) in [5.41, 5.74) is 6.99. The van der Waals surface area contributed by atoms with Gasteiger partial charge in [-0.3, -0.25) is 10.3 Å². The Labute approximate surface area is 121 Å². The Hall–Kier alpha value is -1.83. The van der Waals surface area contributed by atoms with Crippen LogP contribution in [0.4, 0.5) is 19.0 Å². The van der Waals surface area contributed by atoms with Crippen molar-refractivity contribution in [2.45, 2.75) is 13.1 Å². The van der Waals surface area contributed by atoms with E-state index in [1.54, 1.807) is 12.3 Å². The number of anilines is 1. The van der Waals surface area contributed by atoms with Crippen molar-refractivity contribution in [2.75, 3.05) is 37.6 Å². The first-order valence-corrected chi connectivity index (χ1v) is 6.62. The van der Waals surface area contributed by atoms with E-state index in [0.717, 1.165) is 5.56 Å². The van der Waals surface area contributed by atoms with Gasteiger partial charge in [-0.2, -0.15) is 13.2 Å². The van der Waals surface area contributed by atoms with Crippen LogP contribution in [0.25, 0.3) is 0 Å². The molecule has 1 aliphatic heterocycles. The van der Waals surface area contributed by atoms with E-state index in [1.807, 2.05) is 11.8 Å². The summed E-state index contributed by atoms with van der Waals surface area (Å²) in [7, 11) is 0. The third-order valence-corrected chi connectivity index (χ3v) is 3.48. The molecule has 5 nitrogen and oxygen atoms in total. The van der Waals surface area contributed by atoms with E-state index in [0.29, 0.717) is 37.6 Å². The van der Waals surface area contributed by atoms with Gasteiger partial charge in [0.15, 0.2) is 0 Å². The van der Waals surface area contributed by atoms with Gasteiger partial charge in [0, 0.05) is 32.4 Å². The van der Waals surface area contributed by atoms with Crippen LogP contribution in [0.5, 0.6) is 0 Å². The van der Waals surface area contributed by atoms with E-state index in [-0.39, 0.29) is 5.84 Å². The largest absolute Gasteiger partial charge is 0.401 e. The lowest BCUT2D eigenvalue weighted by atomic mass is 10.1. The average Bonchev–Trinajstić information content (AvgIpc) is 2.37. The van der Waals surface area contributed by atoms with Gasteiger partial charge in [-0.1, -0.05) is 0 Å². The van der Waals surface area contributed by atoms with Crippen LogP contribution in [0.15, 0.2) is 12.3 Å². The lowest BCUT2D eigenvalue weighted by Crippen LogP contribution is -2.49. The smallest absolute Gasteiger partial charge is 0.384 e. The molecule has 1 aliphatic rings. The second-order valence-corrected chi connectivity index (χ2v) is 5.12. The summed E-state index contributed by atoms with van der Waals surface area (Å²) in [6.45, 7) is 2.45. The summed E-state index contributed by atoms with van der Waals surface area (Å²) in [6.07, 6.45) is -2.55. The van der Waals surface area contributed by atoms with Crippen LogP contribution in [0.1, 0.15) is 11.1 Å². The number of alkyl halides is 3. The van der Waals surface area contributed by atoms with Gasteiger partial charge in [0.25, 0.3) is 0 Å². The molecule has 0 unspecified atom stereocenters. The van der Waals surface area contributed by atoms with Crippen LogP contribution in [0.3, 0.4) is 0 Å². The minimum Gasteiger partial charge on any atom is -0.384 e. The molecule has 0 aliphatic carbocycles. The number of aromatic nitrogens is 1. The molecule has 2 rings (SSSR count). The third-order valence-electron chi connectivity index (χ3n) is 3.48. The number of nitrogens with zero attached hydrogens (tertiary/aromatic N) is 3. The van der Waals surface area contributed by atoms with Crippen molar-refractivity contribution in [2.24, 2.45) is 5.73 Å². The van der Waals surface area contributed by atoms with E-state index in [1.165, 1.54) is 4.90 Å². The number of piperazine rings is 1. The zero-order valence-corrected chi connectivity index (χ0v) is 11.7.